The zero-order valence-corrected chi connectivity index (χ0v) is 13.3. The third-order valence-corrected chi connectivity index (χ3v) is 4.16. The molecule has 0 amide bonds. The zero-order valence-electron chi connectivity index (χ0n) is 13.3. The van der Waals surface area contributed by atoms with Gasteiger partial charge in [-0.25, -0.2) is 4.79 Å². The maximum Gasteiger partial charge on any atom is 0.335 e. The summed E-state index contributed by atoms with van der Waals surface area (Å²) in [4.78, 5) is 12.4. The van der Waals surface area contributed by atoms with Crippen molar-refractivity contribution >= 4 is 11.5 Å². The summed E-state index contributed by atoms with van der Waals surface area (Å²) in [6, 6.07) is 18.0. The molecule has 0 fully saturated rings. The van der Waals surface area contributed by atoms with Crippen LogP contribution in [0.3, 0.4) is 0 Å². The van der Waals surface area contributed by atoms with Crippen LogP contribution in [0, 0.1) is 0 Å². The number of carbonyl (C=O) groups excluding carboxylic acids is 1. The highest BCUT2D eigenvalue weighted by Crippen LogP contribution is 2.42. The van der Waals surface area contributed by atoms with Gasteiger partial charge in [0.05, 0.1) is 0 Å². The summed E-state index contributed by atoms with van der Waals surface area (Å²) in [5, 5.41) is 0. The normalized spacial score (nSPS) is 17.5. The number of rotatable bonds is 5. The number of benzene rings is 2. The van der Waals surface area contributed by atoms with Crippen molar-refractivity contribution in [2.75, 3.05) is 0 Å². The van der Waals surface area contributed by atoms with Crippen LogP contribution in [0.5, 0.6) is 0 Å². The molecule has 118 valence electrons. The molecular formula is C20H21NO2. The lowest BCUT2D eigenvalue weighted by molar-refractivity contribution is -0.139. The van der Waals surface area contributed by atoms with Crippen molar-refractivity contribution in [1.29, 1.82) is 0 Å². The molecule has 0 aromatic heterocycles. The largest absolute Gasteiger partial charge is 0.449 e. The van der Waals surface area contributed by atoms with Gasteiger partial charge in [-0.2, -0.15) is 0 Å². The molecule has 3 nitrogen and oxygen atoms in total. The molecule has 1 heterocycles. The molecule has 3 rings (SSSR count). The lowest BCUT2D eigenvalue weighted by atomic mass is 9.91. The van der Waals surface area contributed by atoms with Crippen molar-refractivity contribution in [1.82, 2.24) is 0 Å². The fraction of sp³-hybridized carbons (Fsp3) is 0.250. The summed E-state index contributed by atoms with van der Waals surface area (Å²) in [6.07, 6.45) is 1.32. The Morgan fingerprint density at radius 2 is 1.74 bits per heavy atom. The van der Waals surface area contributed by atoms with Gasteiger partial charge in [0.1, 0.15) is 0 Å². The molecule has 23 heavy (non-hydrogen) atoms. The van der Waals surface area contributed by atoms with Crippen molar-refractivity contribution in [3.8, 4) is 0 Å². The quantitative estimate of drug-likeness (QED) is 0.850. The number of hydrogen-bond donors (Lipinski definition) is 1. The summed E-state index contributed by atoms with van der Waals surface area (Å²) in [6.45, 7) is 2.59. The van der Waals surface area contributed by atoms with Gasteiger partial charge in [0.2, 0.25) is 0 Å². The van der Waals surface area contributed by atoms with Crippen molar-refractivity contribution in [3.63, 3.8) is 0 Å². The fourth-order valence-corrected chi connectivity index (χ4v) is 3.00. The maximum absolute atomic E-state index is 12.4. The van der Waals surface area contributed by atoms with Crippen LogP contribution >= 0.6 is 0 Å². The molecule has 0 aliphatic carbocycles. The molecule has 1 unspecified atom stereocenters. The van der Waals surface area contributed by atoms with Crippen LogP contribution in [0.4, 0.5) is 0 Å². The number of cyclic esters (lactones) is 1. The fourth-order valence-electron chi connectivity index (χ4n) is 3.00. The van der Waals surface area contributed by atoms with Gasteiger partial charge in [0.15, 0.2) is 6.10 Å². The first-order valence-corrected chi connectivity index (χ1v) is 8.03. The second kappa shape index (κ2) is 6.80. The SMILES string of the molecule is CCCC1=C(c2ccc(CN)cc2)C(c2ccccc2)OC1=O. The van der Waals surface area contributed by atoms with Crippen LogP contribution < -0.4 is 5.73 Å². The van der Waals surface area contributed by atoms with Gasteiger partial charge in [-0.15, -0.1) is 0 Å². The number of carbonyl (C=O) groups is 1. The van der Waals surface area contributed by atoms with E-state index in [1.54, 1.807) is 0 Å². The van der Waals surface area contributed by atoms with E-state index in [1.165, 1.54) is 0 Å². The summed E-state index contributed by atoms with van der Waals surface area (Å²) in [5.74, 6) is -0.196. The van der Waals surface area contributed by atoms with E-state index >= 15 is 0 Å². The highest BCUT2D eigenvalue weighted by atomic mass is 16.5. The third-order valence-electron chi connectivity index (χ3n) is 4.16. The van der Waals surface area contributed by atoms with E-state index in [2.05, 4.69) is 6.92 Å². The average molecular weight is 307 g/mol. The number of esters is 1. The lowest BCUT2D eigenvalue weighted by Crippen LogP contribution is -2.03. The molecule has 2 aromatic rings. The Morgan fingerprint density at radius 1 is 1.04 bits per heavy atom. The minimum Gasteiger partial charge on any atom is -0.449 e. The van der Waals surface area contributed by atoms with Crippen molar-refractivity contribution in [2.24, 2.45) is 5.73 Å². The first-order chi connectivity index (χ1) is 11.2. The monoisotopic (exact) mass is 307 g/mol. The standard InChI is InChI=1S/C20H21NO2/c1-2-6-17-18(15-11-9-14(13-21)10-12-15)19(23-20(17)22)16-7-4-3-5-8-16/h3-5,7-12,19H,2,6,13,21H2,1H3. The molecule has 2 N–H and O–H groups in total. The minimum atomic E-state index is -0.325. The van der Waals surface area contributed by atoms with Gasteiger partial charge < -0.3 is 10.5 Å². The van der Waals surface area contributed by atoms with Crippen LogP contribution in [0.2, 0.25) is 0 Å². The Bertz CT molecular complexity index is 717. The predicted octanol–water partition coefficient (Wildman–Crippen LogP) is 4.00. The van der Waals surface area contributed by atoms with Crippen LogP contribution in [-0.4, -0.2) is 5.97 Å². The van der Waals surface area contributed by atoms with Gasteiger partial charge in [-0.3, -0.25) is 0 Å². The van der Waals surface area contributed by atoms with E-state index in [0.717, 1.165) is 40.7 Å². The van der Waals surface area contributed by atoms with E-state index in [0.29, 0.717) is 6.54 Å². The molecule has 0 radical (unpaired) electrons. The Morgan fingerprint density at radius 3 is 2.35 bits per heavy atom. The second-order valence-electron chi connectivity index (χ2n) is 5.74. The maximum atomic E-state index is 12.4. The molecule has 3 heteroatoms. The van der Waals surface area contributed by atoms with Gasteiger partial charge in [0.25, 0.3) is 0 Å². The van der Waals surface area contributed by atoms with E-state index < -0.39 is 0 Å². The highest BCUT2D eigenvalue weighted by Gasteiger charge is 2.35. The molecule has 1 atom stereocenters. The number of hydrogen-bond acceptors (Lipinski definition) is 3. The average Bonchev–Trinajstić information content (AvgIpc) is 2.93. The zero-order chi connectivity index (χ0) is 16.2. The van der Waals surface area contributed by atoms with Gasteiger partial charge in [-0.1, -0.05) is 67.9 Å². The number of nitrogens with two attached hydrogens (primary N) is 1. The molecule has 0 spiro atoms. The van der Waals surface area contributed by atoms with E-state index in [1.807, 2.05) is 54.6 Å². The minimum absolute atomic E-state index is 0.196. The Kier molecular flexibility index (Phi) is 4.58. The summed E-state index contributed by atoms with van der Waals surface area (Å²) in [5.41, 5.74) is 10.6. The molecule has 0 saturated carbocycles. The predicted molar refractivity (Wildman–Crippen MR) is 91.4 cm³/mol. The third kappa shape index (κ3) is 3.06. The number of ether oxygens (including phenoxy) is 1. The van der Waals surface area contributed by atoms with Crippen molar-refractivity contribution in [2.45, 2.75) is 32.4 Å². The van der Waals surface area contributed by atoms with Gasteiger partial charge in [-0.05, 0) is 23.1 Å². The molecule has 1 aliphatic rings. The second-order valence-corrected chi connectivity index (χ2v) is 5.74. The van der Waals surface area contributed by atoms with E-state index in [9.17, 15) is 4.79 Å². The lowest BCUT2D eigenvalue weighted by Gasteiger charge is -2.15. The smallest absolute Gasteiger partial charge is 0.335 e. The Labute approximate surface area is 136 Å². The highest BCUT2D eigenvalue weighted by molar-refractivity contribution is 6.03. The van der Waals surface area contributed by atoms with Crippen LogP contribution in [-0.2, 0) is 16.1 Å². The summed E-state index contributed by atoms with van der Waals surface area (Å²) < 4.78 is 5.70. The summed E-state index contributed by atoms with van der Waals surface area (Å²) >= 11 is 0. The van der Waals surface area contributed by atoms with Gasteiger partial charge in [0, 0.05) is 17.7 Å². The van der Waals surface area contributed by atoms with Crippen molar-refractivity contribution < 1.29 is 9.53 Å². The molecule has 1 aliphatic heterocycles. The first-order valence-electron chi connectivity index (χ1n) is 8.03. The van der Waals surface area contributed by atoms with Crippen LogP contribution in [0.15, 0.2) is 60.2 Å². The molecule has 2 aromatic carbocycles. The van der Waals surface area contributed by atoms with Gasteiger partial charge >= 0.3 is 5.97 Å². The van der Waals surface area contributed by atoms with Crippen LogP contribution in [0.1, 0.15) is 42.6 Å². The summed E-state index contributed by atoms with van der Waals surface area (Å²) in [7, 11) is 0. The Hall–Kier alpha value is -2.39. The molecular weight excluding hydrogens is 286 g/mol. The first kappa shape index (κ1) is 15.5. The van der Waals surface area contributed by atoms with Crippen LogP contribution in [0.25, 0.3) is 5.57 Å². The van der Waals surface area contributed by atoms with E-state index in [-0.39, 0.29) is 12.1 Å². The topological polar surface area (TPSA) is 52.3 Å². The molecule has 0 bridgehead atoms. The van der Waals surface area contributed by atoms with E-state index in [4.69, 9.17) is 10.5 Å². The Balaban J connectivity index is 2.08. The molecule has 0 saturated heterocycles. The van der Waals surface area contributed by atoms with Crippen molar-refractivity contribution in [3.05, 3.63) is 76.9 Å².